The lowest BCUT2D eigenvalue weighted by Gasteiger charge is -2.12. The van der Waals surface area contributed by atoms with E-state index in [0.717, 1.165) is 40.7 Å². The van der Waals surface area contributed by atoms with Crippen LogP contribution in [0.3, 0.4) is 0 Å². The Hall–Kier alpha value is -2.14. The van der Waals surface area contributed by atoms with Crippen molar-refractivity contribution >= 4 is 6.29 Å². The Balaban J connectivity index is 1.88. The summed E-state index contributed by atoms with van der Waals surface area (Å²) in [5.74, 6) is 0. The van der Waals surface area contributed by atoms with Gasteiger partial charge in [0.1, 0.15) is 6.29 Å². The van der Waals surface area contributed by atoms with Crippen LogP contribution in [0.2, 0.25) is 0 Å². The van der Waals surface area contributed by atoms with Crippen LogP contribution in [-0.2, 0) is 23.9 Å². The van der Waals surface area contributed by atoms with Crippen molar-refractivity contribution < 1.29 is 18.0 Å². The van der Waals surface area contributed by atoms with Gasteiger partial charge in [0, 0.05) is 6.54 Å². The molecule has 1 unspecified atom stereocenters. The molecule has 0 aromatic heterocycles. The van der Waals surface area contributed by atoms with Gasteiger partial charge >= 0.3 is 6.18 Å². The molecule has 0 aliphatic carbocycles. The quantitative estimate of drug-likeness (QED) is 0.877. The molecule has 0 saturated heterocycles. The Kier molecular flexibility index (Phi) is 3.74. The summed E-state index contributed by atoms with van der Waals surface area (Å²) in [5, 5.41) is 3.11. The highest BCUT2D eigenvalue weighted by Gasteiger charge is 2.30. The van der Waals surface area contributed by atoms with Crippen molar-refractivity contribution in [1.29, 1.82) is 0 Å². The van der Waals surface area contributed by atoms with Crippen molar-refractivity contribution in [1.82, 2.24) is 5.32 Å². The topological polar surface area (TPSA) is 29.1 Å². The summed E-state index contributed by atoms with van der Waals surface area (Å²) in [6.45, 7) is 0.638. The molecule has 1 N–H and O–H groups in total. The van der Waals surface area contributed by atoms with E-state index in [1.54, 1.807) is 0 Å². The number of fused-ring (bicyclic) bond motifs is 1. The van der Waals surface area contributed by atoms with Gasteiger partial charge in [-0.2, -0.15) is 13.2 Å². The van der Waals surface area contributed by atoms with Crippen molar-refractivity contribution in [3.8, 4) is 0 Å². The Morgan fingerprint density at radius 3 is 2.50 bits per heavy atom. The molecule has 2 aromatic rings. The third-order valence-corrected chi connectivity index (χ3v) is 3.92. The molecule has 1 atom stereocenters. The number of aldehydes is 1. The second-order valence-electron chi connectivity index (χ2n) is 5.36. The minimum absolute atomic E-state index is 0.333. The van der Waals surface area contributed by atoms with Crippen LogP contribution in [0.5, 0.6) is 0 Å². The van der Waals surface area contributed by atoms with E-state index in [1.807, 2.05) is 18.2 Å². The molecule has 114 valence electrons. The third-order valence-electron chi connectivity index (χ3n) is 3.92. The summed E-state index contributed by atoms with van der Waals surface area (Å²) in [6, 6.07) is 10.6. The molecule has 0 radical (unpaired) electrons. The zero-order valence-electron chi connectivity index (χ0n) is 11.7. The van der Waals surface area contributed by atoms with Crippen LogP contribution in [0.25, 0.3) is 0 Å². The highest BCUT2D eigenvalue weighted by molar-refractivity contribution is 5.66. The van der Waals surface area contributed by atoms with Crippen molar-refractivity contribution in [2.75, 3.05) is 0 Å². The Morgan fingerprint density at radius 2 is 1.86 bits per heavy atom. The molecule has 22 heavy (non-hydrogen) atoms. The summed E-state index contributed by atoms with van der Waals surface area (Å²) in [7, 11) is 0. The van der Waals surface area contributed by atoms with Gasteiger partial charge in [0.05, 0.1) is 11.6 Å². The molecule has 1 aliphatic heterocycles. The van der Waals surface area contributed by atoms with Crippen LogP contribution in [0.4, 0.5) is 13.2 Å². The number of halogens is 3. The van der Waals surface area contributed by atoms with Gasteiger partial charge in [-0.3, -0.25) is 5.32 Å². The number of carbonyl (C=O) groups excluding carboxylic acids is 1. The average Bonchev–Trinajstić information content (AvgIpc) is 2.91. The van der Waals surface area contributed by atoms with Crippen LogP contribution in [0.15, 0.2) is 42.5 Å². The van der Waals surface area contributed by atoms with Gasteiger partial charge in [-0.25, -0.2) is 0 Å². The third kappa shape index (κ3) is 2.76. The van der Waals surface area contributed by atoms with Crippen LogP contribution >= 0.6 is 0 Å². The van der Waals surface area contributed by atoms with Crippen molar-refractivity contribution in [2.24, 2.45) is 0 Å². The van der Waals surface area contributed by atoms with Gasteiger partial charge < -0.3 is 4.79 Å². The first-order valence-corrected chi connectivity index (χ1v) is 6.94. The lowest BCUT2D eigenvalue weighted by atomic mass is 9.94. The number of carbonyl (C=O) groups is 1. The molecule has 1 aliphatic rings. The predicted octanol–water partition coefficient (Wildman–Crippen LogP) is 3.64. The van der Waals surface area contributed by atoms with Gasteiger partial charge in [0.2, 0.25) is 0 Å². The van der Waals surface area contributed by atoms with E-state index < -0.39 is 11.7 Å². The lowest BCUT2D eigenvalue weighted by molar-refractivity contribution is -0.137. The molecule has 5 heteroatoms. The van der Waals surface area contributed by atoms with E-state index in [2.05, 4.69) is 5.32 Å². The number of hydrogen-bond donors (Lipinski definition) is 1. The van der Waals surface area contributed by atoms with Crippen LogP contribution in [0, 0.1) is 0 Å². The average molecular weight is 305 g/mol. The number of benzene rings is 2. The molecular formula is C17H14F3NO. The fourth-order valence-electron chi connectivity index (χ4n) is 2.84. The first-order valence-electron chi connectivity index (χ1n) is 6.94. The van der Waals surface area contributed by atoms with E-state index in [1.165, 1.54) is 12.1 Å². The second-order valence-corrected chi connectivity index (χ2v) is 5.36. The smallest absolute Gasteiger partial charge is 0.301 e. The van der Waals surface area contributed by atoms with Crippen molar-refractivity contribution in [2.45, 2.75) is 25.2 Å². The summed E-state index contributed by atoms with van der Waals surface area (Å²) in [5.41, 5.74) is 3.14. The Labute approximate surface area is 126 Å². The van der Waals surface area contributed by atoms with Gasteiger partial charge in [0.25, 0.3) is 0 Å². The first kappa shape index (κ1) is 14.8. The molecule has 0 amide bonds. The van der Waals surface area contributed by atoms with Crippen LogP contribution in [-0.4, -0.2) is 6.29 Å². The van der Waals surface area contributed by atoms with Gasteiger partial charge in [-0.15, -0.1) is 0 Å². The Bertz CT molecular complexity index is 692. The van der Waals surface area contributed by atoms with E-state index in [-0.39, 0.29) is 6.04 Å². The first-order chi connectivity index (χ1) is 10.5. The van der Waals surface area contributed by atoms with E-state index in [9.17, 15) is 18.0 Å². The van der Waals surface area contributed by atoms with E-state index in [0.29, 0.717) is 13.0 Å². The molecule has 0 saturated carbocycles. The molecule has 1 heterocycles. The summed E-state index contributed by atoms with van der Waals surface area (Å²) in [6.07, 6.45) is -2.95. The zero-order chi connectivity index (χ0) is 15.7. The van der Waals surface area contributed by atoms with Crippen LogP contribution in [0.1, 0.15) is 33.9 Å². The number of rotatable bonds is 3. The normalized spacial score (nSPS) is 17.3. The Morgan fingerprint density at radius 1 is 1.14 bits per heavy atom. The number of nitrogens with one attached hydrogen (secondary N) is 1. The van der Waals surface area contributed by atoms with Gasteiger partial charge in [-0.1, -0.05) is 30.3 Å². The molecule has 3 rings (SSSR count). The fourth-order valence-corrected chi connectivity index (χ4v) is 2.84. The molecule has 0 bridgehead atoms. The zero-order valence-corrected chi connectivity index (χ0v) is 11.7. The maximum atomic E-state index is 12.6. The van der Waals surface area contributed by atoms with Crippen molar-refractivity contribution in [3.63, 3.8) is 0 Å². The molecule has 0 fully saturated rings. The lowest BCUT2D eigenvalue weighted by Crippen LogP contribution is -2.14. The summed E-state index contributed by atoms with van der Waals surface area (Å²) >= 11 is 0. The number of alkyl halides is 3. The fraction of sp³-hybridized carbons (Fsp3) is 0.235. The summed E-state index contributed by atoms with van der Waals surface area (Å²) < 4.78 is 37.7. The van der Waals surface area contributed by atoms with Crippen LogP contribution < -0.4 is 5.32 Å². The molecule has 2 aromatic carbocycles. The molecular weight excluding hydrogens is 291 g/mol. The monoisotopic (exact) mass is 305 g/mol. The highest BCUT2D eigenvalue weighted by Crippen LogP contribution is 2.31. The van der Waals surface area contributed by atoms with Gasteiger partial charge in [-0.05, 0) is 40.8 Å². The van der Waals surface area contributed by atoms with E-state index in [4.69, 9.17) is 0 Å². The standard InChI is InChI=1S/C17H14F3NO/c18-17(19,20)14-6-4-11(5-7-14)8-12-2-1-3-13-9-21-15(10-22)16(12)13/h1-7,10,15,21H,8-9H2. The number of hydrogen-bond acceptors (Lipinski definition) is 2. The maximum Gasteiger partial charge on any atom is 0.416 e. The molecule has 2 nitrogen and oxygen atoms in total. The molecule has 0 spiro atoms. The predicted molar refractivity (Wildman–Crippen MR) is 76.3 cm³/mol. The van der Waals surface area contributed by atoms with E-state index >= 15 is 0 Å². The second kappa shape index (κ2) is 5.57. The van der Waals surface area contributed by atoms with Crippen molar-refractivity contribution in [3.05, 3.63) is 70.3 Å². The largest absolute Gasteiger partial charge is 0.416 e. The summed E-state index contributed by atoms with van der Waals surface area (Å²) in [4.78, 5) is 11.1. The SMILES string of the molecule is O=CC1NCc2cccc(Cc3ccc(C(F)(F)F)cc3)c21. The van der Waals surface area contributed by atoms with Gasteiger partial charge in [0.15, 0.2) is 0 Å². The minimum Gasteiger partial charge on any atom is -0.301 e. The maximum absolute atomic E-state index is 12.6. The highest BCUT2D eigenvalue weighted by atomic mass is 19.4. The minimum atomic E-state index is -4.32.